The van der Waals surface area contributed by atoms with Crippen LogP contribution < -0.4 is 10.6 Å². The molecule has 0 bridgehead atoms. The summed E-state index contributed by atoms with van der Waals surface area (Å²) in [4.78, 5) is 10.7. The summed E-state index contributed by atoms with van der Waals surface area (Å²) in [5.74, 6) is -0.733. The van der Waals surface area contributed by atoms with Crippen LogP contribution in [0.4, 0.5) is 28.0 Å². The summed E-state index contributed by atoms with van der Waals surface area (Å²) in [6.07, 6.45) is -4.83. The standard InChI is InChI=1S/C8H5ClF4N2O/c9-5-3-4(1-2-6(5)10)14-7(16)15-8(11,12)13/h1-3H,(H2,14,15,16). The predicted octanol–water partition coefficient (Wildman–Crippen LogP) is 3.12. The lowest BCUT2D eigenvalue weighted by atomic mass is 10.3. The van der Waals surface area contributed by atoms with Gasteiger partial charge in [-0.05, 0) is 18.2 Å². The Kier molecular flexibility index (Phi) is 3.58. The molecular weight excluding hydrogens is 252 g/mol. The fourth-order valence-electron chi connectivity index (χ4n) is 0.865. The lowest BCUT2D eigenvalue weighted by Crippen LogP contribution is -2.40. The molecule has 8 heteroatoms. The van der Waals surface area contributed by atoms with E-state index in [0.717, 1.165) is 18.2 Å². The summed E-state index contributed by atoms with van der Waals surface area (Å²) in [5, 5.41) is 2.26. The number of rotatable bonds is 1. The third kappa shape index (κ3) is 3.93. The molecule has 0 radical (unpaired) electrons. The highest BCUT2D eigenvalue weighted by Crippen LogP contribution is 2.19. The number of carbonyl (C=O) groups is 1. The van der Waals surface area contributed by atoms with Crippen LogP contribution in [-0.2, 0) is 0 Å². The molecule has 2 amide bonds. The van der Waals surface area contributed by atoms with Gasteiger partial charge in [0.05, 0.1) is 5.02 Å². The molecule has 16 heavy (non-hydrogen) atoms. The van der Waals surface area contributed by atoms with Crippen LogP contribution in [0.2, 0.25) is 5.02 Å². The molecule has 0 saturated heterocycles. The zero-order valence-corrected chi connectivity index (χ0v) is 8.29. The molecule has 2 N–H and O–H groups in total. The van der Waals surface area contributed by atoms with E-state index in [9.17, 15) is 22.4 Å². The van der Waals surface area contributed by atoms with Gasteiger partial charge in [-0.15, -0.1) is 0 Å². The number of amides is 2. The Balaban J connectivity index is 2.67. The van der Waals surface area contributed by atoms with E-state index >= 15 is 0 Å². The van der Waals surface area contributed by atoms with Gasteiger partial charge >= 0.3 is 12.3 Å². The summed E-state index contributed by atoms with van der Waals surface area (Å²) in [5.41, 5.74) is -0.0480. The molecule has 0 heterocycles. The number of nitrogens with one attached hydrogen (secondary N) is 2. The fourth-order valence-corrected chi connectivity index (χ4v) is 1.05. The van der Waals surface area contributed by atoms with Crippen LogP contribution in [0.15, 0.2) is 18.2 Å². The van der Waals surface area contributed by atoms with Crippen molar-refractivity contribution in [1.29, 1.82) is 0 Å². The van der Waals surface area contributed by atoms with Gasteiger partial charge in [-0.25, -0.2) is 14.5 Å². The van der Waals surface area contributed by atoms with E-state index in [1.54, 1.807) is 0 Å². The van der Waals surface area contributed by atoms with Crippen LogP contribution in [0.1, 0.15) is 0 Å². The highest BCUT2D eigenvalue weighted by Gasteiger charge is 2.29. The first-order chi connectivity index (χ1) is 7.28. The fraction of sp³-hybridized carbons (Fsp3) is 0.125. The van der Waals surface area contributed by atoms with Crippen molar-refractivity contribution < 1.29 is 22.4 Å². The number of anilines is 1. The van der Waals surface area contributed by atoms with E-state index in [1.165, 1.54) is 0 Å². The Morgan fingerprint density at radius 3 is 2.44 bits per heavy atom. The molecule has 0 saturated carbocycles. The third-order valence-corrected chi connectivity index (χ3v) is 1.72. The van der Waals surface area contributed by atoms with Crippen LogP contribution in [0.5, 0.6) is 0 Å². The van der Waals surface area contributed by atoms with Gasteiger partial charge in [-0.2, -0.15) is 13.2 Å². The second kappa shape index (κ2) is 4.56. The van der Waals surface area contributed by atoms with Gasteiger partial charge in [0.2, 0.25) is 0 Å². The Morgan fingerprint density at radius 1 is 1.31 bits per heavy atom. The molecule has 1 aromatic carbocycles. The molecule has 0 aliphatic rings. The second-order valence-corrected chi connectivity index (χ2v) is 3.11. The Labute approximate surface area is 92.4 Å². The van der Waals surface area contributed by atoms with Crippen molar-refractivity contribution in [3.8, 4) is 0 Å². The zero-order chi connectivity index (χ0) is 12.3. The highest BCUT2D eigenvalue weighted by atomic mass is 35.5. The molecule has 0 fully saturated rings. The average Bonchev–Trinajstić information content (AvgIpc) is 2.08. The van der Waals surface area contributed by atoms with Gasteiger partial charge in [0, 0.05) is 5.69 Å². The number of urea groups is 1. The minimum Gasteiger partial charge on any atom is -0.308 e. The Bertz CT molecular complexity index is 408. The lowest BCUT2D eigenvalue weighted by molar-refractivity contribution is -0.144. The van der Waals surface area contributed by atoms with Crippen LogP contribution in [0.25, 0.3) is 0 Å². The number of hydrogen-bond acceptors (Lipinski definition) is 1. The lowest BCUT2D eigenvalue weighted by Gasteiger charge is -2.10. The van der Waals surface area contributed by atoms with Crippen molar-refractivity contribution >= 4 is 23.3 Å². The Morgan fingerprint density at radius 2 is 1.94 bits per heavy atom. The normalized spacial score (nSPS) is 11.1. The van der Waals surface area contributed by atoms with Crippen molar-refractivity contribution in [2.24, 2.45) is 0 Å². The average molecular weight is 257 g/mol. The summed E-state index contributed by atoms with van der Waals surface area (Å²) < 4.78 is 47.7. The Hall–Kier alpha value is -1.50. The van der Waals surface area contributed by atoms with Crippen molar-refractivity contribution in [2.45, 2.75) is 6.30 Å². The first kappa shape index (κ1) is 12.6. The molecule has 0 aliphatic heterocycles. The van der Waals surface area contributed by atoms with Crippen LogP contribution in [0.3, 0.4) is 0 Å². The summed E-state index contributed by atoms with van der Waals surface area (Å²) in [6.45, 7) is 0. The maximum absolute atomic E-state index is 12.7. The quantitative estimate of drug-likeness (QED) is 0.588. The van der Waals surface area contributed by atoms with Gasteiger partial charge < -0.3 is 5.32 Å². The smallest absolute Gasteiger partial charge is 0.308 e. The molecule has 0 aromatic heterocycles. The third-order valence-electron chi connectivity index (χ3n) is 1.43. The second-order valence-electron chi connectivity index (χ2n) is 2.71. The van der Waals surface area contributed by atoms with Gasteiger partial charge in [-0.3, -0.25) is 0 Å². The maximum atomic E-state index is 12.7. The van der Waals surface area contributed by atoms with E-state index in [-0.39, 0.29) is 10.7 Å². The molecule has 0 atom stereocenters. The molecule has 1 rings (SSSR count). The summed E-state index contributed by atoms with van der Waals surface area (Å²) in [6, 6.07) is 1.52. The van der Waals surface area contributed by atoms with Crippen molar-refractivity contribution in [3.63, 3.8) is 0 Å². The molecule has 3 nitrogen and oxygen atoms in total. The number of halogens is 5. The minimum atomic E-state index is -4.83. The molecular formula is C8H5ClF4N2O. The highest BCUT2D eigenvalue weighted by molar-refractivity contribution is 6.31. The first-order valence-corrected chi connectivity index (χ1v) is 4.27. The molecule has 0 aliphatic carbocycles. The number of hydrogen-bond donors (Lipinski definition) is 2. The minimum absolute atomic E-state index is 0.0480. The molecule has 0 unspecified atom stereocenters. The van der Waals surface area contributed by atoms with E-state index in [1.807, 2.05) is 5.32 Å². The van der Waals surface area contributed by atoms with Crippen LogP contribution in [0, 0.1) is 5.82 Å². The largest absolute Gasteiger partial charge is 0.485 e. The monoisotopic (exact) mass is 256 g/mol. The number of alkyl halides is 3. The number of carbonyl (C=O) groups excluding carboxylic acids is 1. The molecule has 88 valence electrons. The zero-order valence-electron chi connectivity index (χ0n) is 7.53. The van der Waals surface area contributed by atoms with E-state index in [0.29, 0.717) is 5.32 Å². The molecule has 0 spiro atoms. The van der Waals surface area contributed by atoms with Gasteiger partial charge in [0.1, 0.15) is 5.82 Å². The van der Waals surface area contributed by atoms with Crippen molar-refractivity contribution in [2.75, 3.05) is 5.32 Å². The van der Waals surface area contributed by atoms with Crippen LogP contribution in [-0.4, -0.2) is 12.3 Å². The SMILES string of the molecule is O=C(Nc1ccc(F)c(Cl)c1)NC(F)(F)F. The topological polar surface area (TPSA) is 41.1 Å². The van der Waals surface area contributed by atoms with Crippen LogP contribution >= 0.6 is 11.6 Å². The summed E-state index contributed by atoms with van der Waals surface area (Å²) >= 11 is 5.36. The first-order valence-electron chi connectivity index (χ1n) is 3.89. The van der Waals surface area contributed by atoms with Crippen molar-refractivity contribution in [1.82, 2.24) is 5.32 Å². The molecule has 1 aromatic rings. The number of benzene rings is 1. The van der Waals surface area contributed by atoms with E-state index < -0.39 is 18.1 Å². The van der Waals surface area contributed by atoms with E-state index in [4.69, 9.17) is 11.6 Å². The van der Waals surface area contributed by atoms with Crippen molar-refractivity contribution in [3.05, 3.63) is 29.0 Å². The van der Waals surface area contributed by atoms with Gasteiger partial charge in [0.25, 0.3) is 0 Å². The predicted molar refractivity (Wildman–Crippen MR) is 49.6 cm³/mol. The maximum Gasteiger partial charge on any atom is 0.485 e. The summed E-state index contributed by atoms with van der Waals surface area (Å²) in [7, 11) is 0. The van der Waals surface area contributed by atoms with Gasteiger partial charge in [0.15, 0.2) is 0 Å². The van der Waals surface area contributed by atoms with Gasteiger partial charge in [-0.1, -0.05) is 11.6 Å². The van der Waals surface area contributed by atoms with E-state index in [2.05, 4.69) is 0 Å².